The Morgan fingerprint density at radius 2 is 2.18 bits per heavy atom. The lowest BCUT2D eigenvalue weighted by Gasteiger charge is -2.23. The summed E-state index contributed by atoms with van der Waals surface area (Å²) in [6.45, 7) is 3.77. The van der Waals surface area contributed by atoms with Crippen LogP contribution >= 0.6 is 0 Å². The van der Waals surface area contributed by atoms with Gasteiger partial charge in [0.1, 0.15) is 5.82 Å². The first-order valence-corrected chi connectivity index (χ1v) is 5.85. The second kappa shape index (κ2) is 5.23. The number of hydrogen-bond donors (Lipinski definition) is 1. The van der Waals surface area contributed by atoms with Crippen molar-refractivity contribution in [2.45, 2.75) is 25.7 Å². The van der Waals surface area contributed by atoms with Crippen LogP contribution in [0.15, 0.2) is 6.20 Å². The van der Waals surface area contributed by atoms with Gasteiger partial charge in [0.2, 0.25) is 0 Å². The van der Waals surface area contributed by atoms with E-state index in [1.54, 1.807) is 6.20 Å². The molecular formula is C12H17N3O2. The fourth-order valence-electron chi connectivity index (χ4n) is 2.16. The SMILES string of the molecule is COC(=O)c1cnc(C)nc1C1CCNCC1. The van der Waals surface area contributed by atoms with Gasteiger partial charge < -0.3 is 10.1 Å². The molecule has 0 aliphatic carbocycles. The molecule has 1 fully saturated rings. The van der Waals surface area contributed by atoms with E-state index >= 15 is 0 Å². The number of ether oxygens (including phenoxy) is 1. The van der Waals surface area contributed by atoms with Crippen LogP contribution in [0.1, 0.15) is 40.6 Å². The highest BCUT2D eigenvalue weighted by Crippen LogP contribution is 2.26. The van der Waals surface area contributed by atoms with Crippen molar-refractivity contribution in [2.24, 2.45) is 0 Å². The van der Waals surface area contributed by atoms with Crippen LogP contribution in [-0.2, 0) is 4.74 Å². The van der Waals surface area contributed by atoms with Crippen molar-refractivity contribution in [2.75, 3.05) is 20.2 Å². The van der Waals surface area contributed by atoms with E-state index in [2.05, 4.69) is 15.3 Å². The van der Waals surface area contributed by atoms with Crippen LogP contribution in [0.5, 0.6) is 0 Å². The average molecular weight is 235 g/mol. The predicted molar refractivity (Wildman–Crippen MR) is 63.0 cm³/mol. The zero-order chi connectivity index (χ0) is 12.3. The van der Waals surface area contributed by atoms with E-state index in [0.717, 1.165) is 31.6 Å². The summed E-state index contributed by atoms with van der Waals surface area (Å²) in [6.07, 6.45) is 3.58. The highest BCUT2D eigenvalue weighted by molar-refractivity contribution is 5.90. The highest BCUT2D eigenvalue weighted by Gasteiger charge is 2.23. The number of methoxy groups -OCH3 is 1. The number of aromatic nitrogens is 2. The smallest absolute Gasteiger partial charge is 0.341 e. The molecule has 1 aliphatic heterocycles. The molecule has 0 atom stereocenters. The largest absolute Gasteiger partial charge is 0.465 e. The summed E-state index contributed by atoms with van der Waals surface area (Å²) in [5.41, 5.74) is 1.34. The van der Waals surface area contributed by atoms with Crippen LogP contribution in [-0.4, -0.2) is 36.1 Å². The zero-order valence-electron chi connectivity index (χ0n) is 10.2. The average Bonchev–Trinajstić information content (AvgIpc) is 2.39. The summed E-state index contributed by atoms with van der Waals surface area (Å²) < 4.78 is 4.77. The maximum Gasteiger partial charge on any atom is 0.341 e. The van der Waals surface area contributed by atoms with E-state index in [0.29, 0.717) is 17.3 Å². The van der Waals surface area contributed by atoms with Gasteiger partial charge in [0.15, 0.2) is 0 Å². The van der Waals surface area contributed by atoms with Crippen LogP contribution in [0.25, 0.3) is 0 Å². The predicted octanol–water partition coefficient (Wildman–Crippen LogP) is 1.04. The number of nitrogens with zero attached hydrogens (tertiary/aromatic N) is 2. The van der Waals surface area contributed by atoms with Crippen molar-refractivity contribution in [3.05, 3.63) is 23.3 Å². The number of piperidine rings is 1. The van der Waals surface area contributed by atoms with Gasteiger partial charge in [0.25, 0.3) is 0 Å². The van der Waals surface area contributed by atoms with Crippen molar-refractivity contribution in [1.82, 2.24) is 15.3 Å². The van der Waals surface area contributed by atoms with Gasteiger partial charge in [0.05, 0.1) is 18.4 Å². The Morgan fingerprint density at radius 3 is 2.82 bits per heavy atom. The Hall–Kier alpha value is -1.49. The maximum atomic E-state index is 11.7. The molecule has 0 spiro atoms. The van der Waals surface area contributed by atoms with Gasteiger partial charge >= 0.3 is 5.97 Å². The summed E-state index contributed by atoms with van der Waals surface area (Å²) in [5, 5.41) is 3.30. The first-order chi connectivity index (χ1) is 8.22. The molecule has 5 heteroatoms. The Labute approximate surface area is 101 Å². The fourth-order valence-corrected chi connectivity index (χ4v) is 2.16. The number of esters is 1. The lowest BCUT2D eigenvalue weighted by molar-refractivity contribution is 0.0597. The van der Waals surface area contributed by atoms with Gasteiger partial charge in [0, 0.05) is 12.1 Å². The quantitative estimate of drug-likeness (QED) is 0.776. The van der Waals surface area contributed by atoms with Gasteiger partial charge in [-0.1, -0.05) is 0 Å². The number of hydrogen-bond acceptors (Lipinski definition) is 5. The van der Waals surface area contributed by atoms with Crippen LogP contribution in [0.4, 0.5) is 0 Å². The van der Waals surface area contributed by atoms with E-state index in [1.165, 1.54) is 7.11 Å². The van der Waals surface area contributed by atoms with E-state index in [-0.39, 0.29) is 5.97 Å². The molecule has 0 unspecified atom stereocenters. The Balaban J connectivity index is 2.35. The molecular weight excluding hydrogens is 218 g/mol. The number of carbonyl (C=O) groups is 1. The molecule has 1 saturated heterocycles. The van der Waals surface area contributed by atoms with Crippen LogP contribution in [0, 0.1) is 6.92 Å². The summed E-state index contributed by atoms with van der Waals surface area (Å²) >= 11 is 0. The number of nitrogens with one attached hydrogen (secondary N) is 1. The first-order valence-electron chi connectivity index (χ1n) is 5.85. The minimum absolute atomic E-state index is 0.326. The Kier molecular flexibility index (Phi) is 3.68. The molecule has 2 rings (SSSR count). The molecule has 5 nitrogen and oxygen atoms in total. The number of carbonyl (C=O) groups excluding carboxylic acids is 1. The second-order valence-electron chi connectivity index (χ2n) is 4.23. The lowest BCUT2D eigenvalue weighted by atomic mass is 9.92. The Bertz CT molecular complexity index is 414. The van der Waals surface area contributed by atoms with E-state index in [4.69, 9.17) is 4.74 Å². The van der Waals surface area contributed by atoms with Gasteiger partial charge in [-0.25, -0.2) is 14.8 Å². The molecule has 1 aromatic heterocycles. The molecule has 1 aliphatic rings. The minimum Gasteiger partial charge on any atom is -0.465 e. The lowest BCUT2D eigenvalue weighted by Crippen LogP contribution is -2.28. The molecule has 2 heterocycles. The van der Waals surface area contributed by atoms with Crippen LogP contribution in [0.2, 0.25) is 0 Å². The van der Waals surface area contributed by atoms with Crippen molar-refractivity contribution in [3.8, 4) is 0 Å². The standard InChI is InChI=1S/C12H17N3O2/c1-8-14-7-10(12(16)17-2)11(15-8)9-3-5-13-6-4-9/h7,9,13H,3-6H2,1-2H3. The second-order valence-corrected chi connectivity index (χ2v) is 4.23. The summed E-state index contributed by atoms with van der Waals surface area (Å²) in [6, 6.07) is 0. The Morgan fingerprint density at radius 1 is 1.47 bits per heavy atom. The molecule has 0 radical (unpaired) electrons. The van der Waals surface area contributed by atoms with Crippen LogP contribution in [0.3, 0.4) is 0 Å². The summed E-state index contributed by atoms with van der Waals surface area (Å²) in [4.78, 5) is 20.2. The van der Waals surface area contributed by atoms with E-state index in [9.17, 15) is 4.79 Å². The number of aryl methyl sites for hydroxylation is 1. The van der Waals surface area contributed by atoms with E-state index < -0.39 is 0 Å². The number of rotatable bonds is 2. The third-order valence-electron chi connectivity index (χ3n) is 3.07. The summed E-state index contributed by atoms with van der Waals surface area (Å²) in [7, 11) is 1.38. The molecule has 0 aromatic carbocycles. The van der Waals surface area contributed by atoms with Crippen molar-refractivity contribution < 1.29 is 9.53 Å². The van der Waals surface area contributed by atoms with Crippen molar-refractivity contribution in [1.29, 1.82) is 0 Å². The minimum atomic E-state index is -0.349. The molecule has 0 amide bonds. The molecule has 92 valence electrons. The molecule has 1 N–H and O–H groups in total. The molecule has 0 bridgehead atoms. The fraction of sp³-hybridized carbons (Fsp3) is 0.583. The normalized spacial score (nSPS) is 16.8. The summed E-state index contributed by atoms with van der Waals surface area (Å²) in [5.74, 6) is 0.678. The third-order valence-corrected chi connectivity index (χ3v) is 3.07. The maximum absolute atomic E-state index is 11.7. The zero-order valence-corrected chi connectivity index (χ0v) is 10.2. The molecule has 1 aromatic rings. The monoisotopic (exact) mass is 235 g/mol. The molecule has 17 heavy (non-hydrogen) atoms. The van der Waals surface area contributed by atoms with Gasteiger partial charge in [-0.15, -0.1) is 0 Å². The van der Waals surface area contributed by atoms with Gasteiger partial charge in [-0.05, 0) is 32.9 Å². The van der Waals surface area contributed by atoms with Gasteiger partial charge in [-0.3, -0.25) is 0 Å². The molecule has 0 saturated carbocycles. The first kappa shape index (κ1) is 12.0. The highest BCUT2D eigenvalue weighted by atomic mass is 16.5. The topological polar surface area (TPSA) is 64.1 Å². The van der Waals surface area contributed by atoms with Crippen LogP contribution < -0.4 is 5.32 Å². The van der Waals surface area contributed by atoms with Crippen molar-refractivity contribution >= 4 is 5.97 Å². The third kappa shape index (κ3) is 2.61. The van der Waals surface area contributed by atoms with E-state index in [1.807, 2.05) is 6.92 Å². The van der Waals surface area contributed by atoms with Gasteiger partial charge in [-0.2, -0.15) is 0 Å². The van der Waals surface area contributed by atoms with Crippen molar-refractivity contribution in [3.63, 3.8) is 0 Å².